The molecule has 0 N–H and O–H groups in total. The van der Waals surface area contributed by atoms with Crippen LogP contribution in [0.3, 0.4) is 0 Å². The molecule has 0 heterocycles. The predicted octanol–water partition coefficient (Wildman–Crippen LogP) is 8.29. The van der Waals surface area contributed by atoms with Crippen molar-refractivity contribution in [1.29, 1.82) is 0 Å². The number of unbranched alkanes of at least 4 members (excludes halogenated alkanes) is 1. The van der Waals surface area contributed by atoms with Crippen LogP contribution < -0.4 is 0 Å². The van der Waals surface area contributed by atoms with Gasteiger partial charge >= 0.3 is 0 Å². The van der Waals surface area contributed by atoms with Gasteiger partial charge in [0.2, 0.25) is 0 Å². The lowest BCUT2D eigenvalue weighted by atomic mass is 9.72. The van der Waals surface area contributed by atoms with E-state index in [0.717, 1.165) is 18.4 Å². The zero-order valence-corrected chi connectivity index (χ0v) is 51.5. The van der Waals surface area contributed by atoms with Crippen LogP contribution in [0.25, 0.3) is 0 Å². The summed E-state index contributed by atoms with van der Waals surface area (Å²) in [5, 5.41) is 1.19. The third-order valence-corrected chi connectivity index (χ3v) is 53.1. The zero-order chi connectivity index (χ0) is 45.3. The molecule has 0 aliphatic heterocycles. The molecule has 0 spiro atoms. The maximum absolute atomic E-state index is 13.1. The normalized spacial score (nSPS) is 12.6. The van der Waals surface area contributed by atoms with Crippen molar-refractivity contribution in [3.05, 3.63) is 140 Å². The van der Waals surface area contributed by atoms with Crippen molar-refractivity contribution >= 4 is 255 Å². The number of Topliss-reactive ketones (excluding diaryl/α,β-unsaturated/α-hetero) is 4. The highest BCUT2D eigenvalue weighted by Gasteiger charge is 2.53. The molecule has 4 nitrogen and oxygen atoms in total. The summed E-state index contributed by atoms with van der Waals surface area (Å²) in [5.41, 5.74) is 2.48. The molecule has 0 aromatic heterocycles. The lowest BCUT2D eigenvalue weighted by molar-refractivity contribution is 0.0779. The Morgan fingerprint density at radius 3 is 1.11 bits per heavy atom. The Balaban J connectivity index is 0.000000209. The highest BCUT2D eigenvalue weighted by molar-refractivity contribution is 8.78. The van der Waals surface area contributed by atoms with Crippen molar-refractivity contribution in [3.8, 4) is 0 Å². The van der Waals surface area contributed by atoms with Crippen molar-refractivity contribution in [2.75, 3.05) is 0 Å². The van der Waals surface area contributed by atoms with E-state index < -0.39 is 11.3 Å². The van der Waals surface area contributed by atoms with E-state index in [1.807, 2.05) is 38.8 Å². The first kappa shape index (κ1) is 56.8. The van der Waals surface area contributed by atoms with E-state index in [2.05, 4.69) is 6.92 Å². The summed E-state index contributed by atoms with van der Waals surface area (Å²) < 4.78 is 0. The first-order valence-electron chi connectivity index (χ1n) is 16.8. The van der Waals surface area contributed by atoms with Crippen molar-refractivity contribution in [2.45, 2.75) is 37.5 Å². The maximum Gasteiger partial charge on any atom is 0.181 e. The fourth-order valence-corrected chi connectivity index (χ4v) is 58.2. The second-order valence-corrected chi connectivity index (χ2v) is 49.4. The molecule has 0 atom stereocenters. The number of carbonyl (C=O) groups excluding carboxylic acids is 4. The van der Waals surface area contributed by atoms with Gasteiger partial charge in [0.05, 0.1) is 0 Å². The average molecular weight is 1310 g/mol. The van der Waals surface area contributed by atoms with E-state index in [0.29, 0.717) is 44.3 Å². The van der Waals surface area contributed by atoms with E-state index in [-0.39, 0.29) is 23.1 Å². The number of hydrogen-bond donors (Lipinski definition) is 0. The highest BCUT2D eigenvalue weighted by Crippen LogP contribution is 2.43. The molecular formula is C34H26Cl2O4S23. The van der Waals surface area contributed by atoms with Crippen LogP contribution in [-0.4, -0.2) is 23.1 Å². The van der Waals surface area contributed by atoms with Crippen LogP contribution in [0.1, 0.15) is 84.7 Å². The molecule has 6 rings (SSSR count). The lowest BCUT2D eigenvalue weighted by Crippen LogP contribution is -2.38. The first-order valence-corrected chi connectivity index (χ1v) is 46.9. The molecule has 2 aliphatic carbocycles. The van der Waals surface area contributed by atoms with E-state index in [1.54, 1.807) is 227 Å². The highest BCUT2D eigenvalue weighted by atomic mass is 35.5. The summed E-state index contributed by atoms with van der Waals surface area (Å²) in [7, 11) is 36.3. The summed E-state index contributed by atoms with van der Waals surface area (Å²) in [6.07, 6.45) is 2.30. The zero-order valence-electron chi connectivity index (χ0n) is 31.2. The minimum absolute atomic E-state index is 0.0797. The number of fused-ring (bicyclic) bond motifs is 2. The van der Waals surface area contributed by atoms with Gasteiger partial charge in [-0.25, -0.2) is 0 Å². The molecule has 0 radical (unpaired) electrons. The monoisotopic (exact) mass is 1300 g/mol. The molecule has 0 amide bonds. The van der Waals surface area contributed by atoms with Gasteiger partial charge in [-0.1, -0.05) is 116 Å². The Morgan fingerprint density at radius 1 is 0.460 bits per heavy atom. The van der Waals surface area contributed by atoms with E-state index in [1.165, 1.54) is 17.8 Å². The average Bonchev–Trinajstić information content (AvgIpc) is 3.69. The fourth-order valence-electron chi connectivity index (χ4n) is 5.77. The Morgan fingerprint density at radius 2 is 0.778 bits per heavy atom. The molecule has 4 aromatic carbocycles. The van der Waals surface area contributed by atoms with Gasteiger partial charge in [0, 0.05) is 241 Å². The predicted molar refractivity (Wildman–Crippen MR) is 326 cm³/mol. The Bertz CT molecular complexity index is 3220. The van der Waals surface area contributed by atoms with Crippen LogP contribution >= 0.6 is 23.2 Å². The molecule has 0 saturated carbocycles. The number of rotatable bonds is 5. The van der Waals surface area contributed by atoms with Crippen molar-refractivity contribution in [1.82, 2.24) is 0 Å². The van der Waals surface area contributed by atoms with Crippen molar-refractivity contribution in [2.24, 2.45) is 0 Å². The summed E-state index contributed by atoms with van der Waals surface area (Å²) >= 11 is 21.3. The van der Waals surface area contributed by atoms with Gasteiger partial charge in [-0.3, -0.25) is 19.2 Å². The molecule has 63 heavy (non-hydrogen) atoms. The molecule has 0 saturated heterocycles. The third kappa shape index (κ3) is 18.2. The van der Waals surface area contributed by atoms with Gasteiger partial charge in [-0.05, 0) is 41.8 Å². The smallest absolute Gasteiger partial charge is 0.181 e. The van der Waals surface area contributed by atoms with E-state index in [4.69, 9.17) is 45.6 Å². The Labute approximate surface area is 444 Å². The SMILES string of the molecule is CCCCC1(c2ccc(Cl)cc2)C(=O)c2ccccc2C1=O.O=C1c2ccccc2C(=O)C1c1ccc(Cl)cc1.S=S=S=S=S=S=S=S=S=S=S=S=S=S=S=S=S=S=S=S=S=S=S. The minimum Gasteiger partial charge on any atom is -0.293 e. The van der Waals surface area contributed by atoms with Crippen LogP contribution in [-0.2, 0) is 214 Å². The number of hydrogen-bond acceptors (Lipinski definition) is 6. The van der Waals surface area contributed by atoms with Crippen LogP contribution in [0.15, 0.2) is 97.1 Å². The van der Waals surface area contributed by atoms with Crippen LogP contribution in [0.4, 0.5) is 0 Å². The quantitative estimate of drug-likeness (QED) is 0.188. The molecule has 29 heteroatoms. The maximum atomic E-state index is 13.1. The van der Waals surface area contributed by atoms with Gasteiger partial charge in [-0.2, -0.15) is 0 Å². The first-order chi connectivity index (χ1) is 30.7. The van der Waals surface area contributed by atoms with Gasteiger partial charge < -0.3 is 0 Å². The number of ketones is 4. The van der Waals surface area contributed by atoms with Crippen molar-refractivity contribution < 1.29 is 19.2 Å². The van der Waals surface area contributed by atoms with Crippen LogP contribution in [0, 0.1) is 0 Å². The molecular weight excluding hydrogens is 1280 g/mol. The topological polar surface area (TPSA) is 68.3 Å². The molecule has 0 unspecified atom stereocenters. The molecule has 2 aliphatic rings. The standard InChI is InChI=1S/C19H17ClO2.C15H9ClO2.S23/c1-2-3-12-19(13-8-10-14(20)11-9-13)17(21)15-6-4-5-7-16(15)18(19)22;16-10-7-5-9(6-8-10)13-14(17)11-3-1-2-4-12(11)15(13)18;1-3-5-7-9-11-13-15-17-19-21-23-22-20-18-16-14-12-10-8-6-4-2/h4-11H,2-3,12H2,1H3;1-8,13H;. The van der Waals surface area contributed by atoms with Crippen molar-refractivity contribution in [3.63, 3.8) is 0 Å². The lowest BCUT2D eigenvalue weighted by Gasteiger charge is -2.26. The Kier molecular flexibility index (Phi) is 29.7. The van der Waals surface area contributed by atoms with Crippen LogP contribution in [0.2, 0.25) is 10.0 Å². The molecule has 0 bridgehead atoms. The van der Waals surface area contributed by atoms with Gasteiger partial charge in [0.1, 0.15) is 11.3 Å². The van der Waals surface area contributed by atoms with E-state index >= 15 is 0 Å². The van der Waals surface area contributed by atoms with Crippen LogP contribution in [0.5, 0.6) is 0 Å². The summed E-state index contributed by atoms with van der Waals surface area (Å²) in [5.74, 6) is -1.12. The fraction of sp³-hybridized carbons (Fsp3) is 0.176. The summed E-state index contributed by atoms with van der Waals surface area (Å²) in [4.78, 5) is 50.6. The summed E-state index contributed by atoms with van der Waals surface area (Å²) in [6, 6.07) is 28.0. The van der Waals surface area contributed by atoms with Gasteiger partial charge in [0.15, 0.2) is 23.1 Å². The van der Waals surface area contributed by atoms with Gasteiger partial charge in [0.25, 0.3) is 0 Å². The Hall–Kier alpha value is 1.20. The molecule has 4 aromatic rings. The van der Waals surface area contributed by atoms with E-state index in [9.17, 15) is 19.2 Å². The third-order valence-electron chi connectivity index (χ3n) is 8.18. The molecule has 338 valence electrons. The number of carbonyl (C=O) groups is 4. The largest absolute Gasteiger partial charge is 0.293 e. The number of benzene rings is 4. The second-order valence-electron chi connectivity index (χ2n) is 11.4. The minimum atomic E-state index is -1.08. The summed E-state index contributed by atoms with van der Waals surface area (Å²) in [6.45, 7) is 2.06. The number of halogens is 2. The second kappa shape index (κ2) is 32.9. The van der Waals surface area contributed by atoms with Gasteiger partial charge in [-0.15, -0.1) is 0 Å². The molecule has 0 fully saturated rings.